The van der Waals surface area contributed by atoms with Crippen molar-refractivity contribution in [2.75, 3.05) is 13.2 Å². The largest absolute Gasteiger partial charge is 0.462 e. The van der Waals surface area contributed by atoms with Gasteiger partial charge in [0.25, 0.3) is 0 Å². The molecule has 0 fully saturated rings. The zero-order valence-electron chi connectivity index (χ0n) is 27.2. The molecule has 0 heterocycles. The first-order chi connectivity index (χ1) is 19.4. The van der Waals surface area contributed by atoms with Crippen molar-refractivity contribution in [3.63, 3.8) is 0 Å². The van der Waals surface area contributed by atoms with Crippen molar-refractivity contribution in [2.24, 2.45) is 11.8 Å². The monoisotopic (exact) mass is 569 g/mol. The second kappa shape index (κ2) is 29.4. The van der Waals surface area contributed by atoms with E-state index in [9.17, 15) is 14.7 Å². The summed E-state index contributed by atoms with van der Waals surface area (Å²) in [5.41, 5.74) is 0. The summed E-state index contributed by atoms with van der Waals surface area (Å²) in [5, 5.41) is 9.50. The average molecular weight is 569 g/mol. The van der Waals surface area contributed by atoms with Crippen LogP contribution < -0.4 is 0 Å². The molecule has 2 atom stereocenters. The van der Waals surface area contributed by atoms with Gasteiger partial charge in [-0.2, -0.15) is 0 Å². The van der Waals surface area contributed by atoms with E-state index in [0.29, 0.717) is 12.8 Å². The number of carbonyl (C=O) groups is 2. The lowest BCUT2D eigenvalue weighted by molar-refractivity contribution is -0.161. The molecule has 0 aromatic carbocycles. The second-order valence-electron chi connectivity index (χ2n) is 12.7. The molecule has 40 heavy (non-hydrogen) atoms. The first-order valence-electron chi connectivity index (χ1n) is 17.3. The summed E-state index contributed by atoms with van der Waals surface area (Å²) in [7, 11) is 0. The van der Waals surface area contributed by atoms with Crippen molar-refractivity contribution in [2.45, 2.75) is 188 Å². The Morgan fingerprint density at radius 3 is 1.40 bits per heavy atom. The maximum absolute atomic E-state index is 12.1. The molecule has 5 nitrogen and oxygen atoms in total. The van der Waals surface area contributed by atoms with Crippen molar-refractivity contribution in [1.29, 1.82) is 0 Å². The molecule has 0 aromatic heterocycles. The van der Waals surface area contributed by atoms with Gasteiger partial charge in [-0.25, -0.2) is 0 Å². The van der Waals surface area contributed by atoms with Crippen LogP contribution in [0.1, 0.15) is 182 Å². The molecule has 1 unspecified atom stereocenters. The predicted molar refractivity (Wildman–Crippen MR) is 168 cm³/mol. The van der Waals surface area contributed by atoms with Crippen molar-refractivity contribution in [3.05, 3.63) is 0 Å². The maximum atomic E-state index is 12.1. The minimum atomic E-state index is -0.762. The molecule has 0 radical (unpaired) electrons. The first kappa shape index (κ1) is 38.9. The molecule has 0 aliphatic heterocycles. The van der Waals surface area contributed by atoms with Crippen molar-refractivity contribution >= 4 is 11.9 Å². The van der Waals surface area contributed by atoms with Crippen LogP contribution in [0.3, 0.4) is 0 Å². The number of aliphatic hydroxyl groups excluding tert-OH is 1. The van der Waals surface area contributed by atoms with E-state index < -0.39 is 6.10 Å². The van der Waals surface area contributed by atoms with Crippen molar-refractivity contribution in [1.82, 2.24) is 0 Å². The summed E-state index contributed by atoms with van der Waals surface area (Å²) in [6.07, 6.45) is 27.2. The Kier molecular flexibility index (Phi) is 28.6. The van der Waals surface area contributed by atoms with E-state index >= 15 is 0 Å². The van der Waals surface area contributed by atoms with E-state index in [4.69, 9.17) is 9.47 Å². The summed E-state index contributed by atoms with van der Waals surface area (Å²) < 4.78 is 10.6. The van der Waals surface area contributed by atoms with E-state index in [1.807, 2.05) is 0 Å². The number of hydrogen-bond donors (Lipinski definition) is 1. The van der Waals surface area contributed by atoms with Gasteiger partial charge in [0.15, 0.2) is 6.10 Å². The van der Waals surface area contributed by atoms with Gasteiger partial charge < -0.3 is 14.6 Å². The zero-order chi connectivity index (χ0) is 29.7. The highest BCUT2D eigenvalue weighted by atomic mass is 16.6. The van der Waals surface area contributed by atoms with Gasteiger partial charge in [0, 0.05) is 12.8 Å². The lowest BCUT2D eigenvalue weighted by Crippen LogP contribution is -2.28. The van der Waals surface area contributed by atoms with Gasteiger partial charge in [-0.15, -0.1) is 0 Å². The molecule has 0 spiro atoms. The quantitative estimate of drug-likeness (QED) is 0.0689. The molecule has 1 N–H and O–H groups in total. The number of carbonyl (C=O) groups excluding carboxylic acids is 2. The van der Waals surface area contributed by atoms with Gasteiger partial charge >= 0.3 is 11.9 Å². The van der Waals surface area contributed by atoms with E-state index in [2.05, 4.69) is 27.7 Å². The SMILES string of the molecule is CCC(C)CCCCCCCCCCC(=O)O[C@@H](CO)COC(=O)CCCCCCCCCCCCCC(C)C. The minimum absolute atomic E-state index is 0.0599. The fourth-order valence-electron chi connectivity index (χ4n) is 5.07. The van der Waals surface area contributed by atoms with Gasteiger partial charge in [0.1, 0.15) is 6.61 Å². The highest BCUT2D eigenvalue weighted by Crippen LogP contribution is 2.16. The van der Waals surface area contributed by atoms with Gasteiger partial charge in [0.05, 0.1) is 6.61 Å². The Labute approximate surface area is 248 Å². The van der Waals surface area contributed by atoms with Gasteiger partial charge in [-0.05, 0) is 24.7 Å². The van der Waals surface area contributed by atoms with Crippen LogP contribution in [0.15, 0.2) is 0 Å². The van der Waals surface area contributed by atoms with E-state index in [-0.39, 0.29) is 25.2 Å². The van der Waals surface area contributed by atoms with Crippen LogP contribution in [-0.2, 0) is 19.1 Å². The third-order valence-electron chi connectivity index (χ3n) is 8.12. The smallest absolute Gasteiger partial charge is 0.306 e. The predicted octanol–water partition coefficient (Wildman–Crippen LogP) is 10.1. The summed E-state index contributed by atoms with van der Waals surface area (Å²) >= 11 is 0. The maximum Gasteiger partial charge on any atom is 0.306 e. The Morgan fingerprint density at radius 1 is 0.575 bits per heavy atom. The standard InChI is InChI=1S/C35H68O5/c1-5-32(4)26-22-18-14-11-12-16-20-24-28-35(38)40-33(29-36)30-39-34(37)27-23-19-15-10-8-6-7-9-13-17-21-25-31(2)3/h31-33,36H,5-30H2,1-4H3/t32?,33-/m0/s1. The molecule has 0 saturated carbocycles. The summed E-state index contributed by atoms with van der Waals surface area (Å²) in [4.78, 5) is 24.1. The Balaban J connectivity index is 3.56. The van der Waals surface area contributed by atoms with Crippen LogP contribution in [0.2, 0.25) is 0 Å². The number of aliphatic hydroxyl groups is 1. The molecule has 238 valence electrons. The number of rotatable bonds is 30. The average Bonchev–Trinajstić information content (AvgIpc) is 2.94. The molecule has 0 saturated heterocycles. The van der Waals surface area contributed by atoms with E-state index in [0.717, 1.165) is 50.4 Å². The van der Waals surface area contributed by atoms with E-state index in [1.165, 1.54) is 103 Å². The van der Waals surface area contributed by atoms with Gasteiger partial charge in [0.2, 0.25) is 0 Å². The Morgan fingerprint density at radius 2 is 0.975 bits per heavy atom. The zero-order valence-corrected chi connectivity index (χ0v) is 27.2. The molecule has 0 aliphatic carbocycles. The number of unbranched alkanes of at least 4 members (excludes halogenated alkanes) is 17. The van der Waals surface area contributed by atoms with Crippen LogP contribution in [0.25, 0.3) is 0 Å². The van der Waals surface area contributed by atoms with Crippen LogP contribution in [0.5, 0.6) is 0 Å². The highest BCUT2D eigenvalue weighted by molar-refractivity contribution is 5.70. The number of esters is 2. The first-order valence-corrected chi connectivity index (χ1v) is 17.3. The lowest BCUT2D eigenvalue weighted by Gasteiger charge is -2.15. The molecule has 0 aliphatic rings. The molecular formula is C35H68O5. The highest BCUT2D eigenvalue weighted by Gasteiger charge is 2.16. The second-order valence-corrected chi connectivity index (χ2v) is 12.7. The van der Waals surface area contributed by atoms with Gasteiger partial charge in [-0.3, -0.25) is 9.59 Å². The van der Waals surface area contributed by atoms with Crippen LogP contribution in [0, 0.1) is 11.8 Å². The van der Waals surface area contributed by atoms with Crippen molar-refractivity contribution in [3.8, 4) is 0 Å². The normalized spacial score (nSPS) is 12.9. The molecule has 0 bridgehead atoms. The van der Waals surface area contributed by atoms with Gasteiger partial charge in [-0.1, -0.05) is 156 Å². The molecule has 0 aromatic rings. The summed E-state index contributed by atoms with van der Waals surface area (Å²) in [5.74, 6) is 1.11. The van der Waals surface area contributed by atoms with E-state index in [1.54, 1.807) is 0 Å². The lowest BCUT2D eigenvalue weighted by atomic mass is 9.99. The summed E-state index contributed by atoms with van der Waals surface area (Å²) in [6.45, 7) is 8.82. The number of ether oxygens (including phenoxy) is 2. The van der Waals surface area contributed by atoms with Crippen LogP contribution >= 0.6 is 0 Å². The summed E-state index contributed by atoms with van der Waals surface area (Å²) in [6, 6.07) is 0. The third-order valence-corrected chi connectivity index (χ3v) is 8.12. The Bertz CT molecular complexity index is 562. The number of hydrogen-bond acceptors (Lipinski definition) is 5. The molecule has 5 heteroatoms. The van der Waals surface area contributed by atoms with Crippen LogP contribution in [-0.4, -0.2) is 36.4 Å². The molecule has 0 amide bonds. The third kappa shape index (κ3) is 28.4. The van der Waals surface area contributed by atoms with Crippen LogP contribution in [0.4, 0.5) is 0 Å². The minimum Gasteiger partial charge on any atom is -0.462 e. The Hall–Kier alpha value is -1.10. The molecule has 0 rings (SSSR count). The fourth-order valence-corrected chi connectivity index (χ4v) is 5.07. The fraction of sp³-hybridized carbons (Fsp3) is 0.943. The topological polar surface area (TPSA) is 72.8 Å². The molecular weight excluding hydrogens is 500 g/mol. The van der Waals surface area contributed by atoms with Crippen molar-refractivity contribution < 1.29 is 24.2 Å².